The molecular formula is C12H16O2. The molecule has 0 fully saturated rings. The molecule has 0 radical (unpaired) electrons. The first-order valence-corrected chi connectivity index (χ1v) is 4.89. The van der Waals surface area contributed by atoms with E-state index >= 15 is 0 Å². The molecule has 1 atom stereocenters. The number of carbonyl (C=O) groups is 1. The van der Waals surface area contributed by atoms with Gasteiger partial charge in [0, 0.05) is 6.42 Å². The third-order valence-electron chi connectivity index (χ3n) is 2.44. The summed E-state index contributed by atoms with van der Waals surface area (Å²) in [4.78, 5) is 10.5. The first-order valence-electron chi connectivity index (χ1n) is 4.89. The molecule has 2 nitrogen and oxygen atoms in total. The molecule has 0 saturated carbocycles. The van der Waals surface area contributed by atoms with Crippen molar-refractivity contribution in [3.63, 3.8) is 0 Å². The average molecular weight is 192 g/mol. The SMILES string of the molecule is CC[C@H](CC=O)c1cccc(OC)c1. The van der Waals surface area contributed by atoms with Gasteiger partial charge in [0.2, 0.25) is 0 Å². The van der Waals surface area contributed by atoms with Gasteiger partial charge in [-0.2, -0.15) is 0 Å². The van der Waals surface area contributed by atoms with Crippen LogP contribution in [0.2, 0.25) is 0 Å². The monoisotopic (exact) mass is 192 g/mol. The highest BCUT2D eigenvalue weighted by Gasteiger charge is 2.08. The molecule has 0 aliphatic rings. The fourth-order valence-electron chi connectivity index (χ4n) is 1.55. The summed E-state index contributed by atoms with van der Waals surface area (Å²) in [6.45, 7) is 2.09. The Hall–Kier alpha value is -1.31. The van der Waals surface area contributed by atoms with Crippen LogP contribution in [0.3, 0.4) is 0 Å². The minimum absolute atomic E-state index is 0.322. The Bertz CT molecular complexity index is 294. The van der Waals surface area contributed by atoms with E-state index in [1.165, 1.54) is 5.56 Å². The predicted molar refractivity (Wildman–Crippen MR) is 56.7 cm³/mol. The van der Waals surface area contributed by atoms with Crippen molar-refractivity contribution in [3.05, 3.63) is 29.8 Å². The van der Waals surface area contributed by atoms with Crippen LogP contribution in [0.5, 0.6) is 5.75 Å². The van der Waals surface area contributed by atoms with E-state index in [2.05, 4.69) is 6.92 Å². The second-order valence-corrected chi connectivity index (χ2v) is 3.28. The maximum atomic E-state index is 10.5. The van der Waals surface area contributed by atoms with Gasteiger partial charge in [-0.05, 0) is 30.0 Å². The third kappa shape index (κ3) is 2.59. The number of hydrogen-bond donors (Lipinski definition) is 0. The van der Waals surface area contributed by atoms with E-state index < -0.39 is 0 Å². The Balaban J connectivity index is 2.85. The Morgan fingerprint density at radius 1 is 1.50 bits per heavy atom. The minimum Gasteiger partial charge on any atom is -0.497 e. The zero-order chi connectivity index (χ0) is 10.4. The van der Waals surface area contributed by atoms with E-state index in [0.29, 0.717) is 12.3 Å². The van der Waals surface area contributed by atoms with Crippen molar-refractivity contribution in [2.24, 2.45) is 0 Å². The van der Waals surface area contributed by atoms with E-state index in [1.54, 1.807) is 7.11 Å². The molecule has 0 aromatic heterocycles. The van der Waals surface area contributed by atoms with Crippen molar-refractivity contribution in [1.82, 2.24) is 0 Å². The van der Waals surface area contributed by atoms with Crippen LogP contribution >= 0.6 is 0 Å². The summed E-state index contributed by atoms with van der Waals surface area (Å²) >= 11 is 0. The van der Waals surface area contributed by atoms with Crippen molar-refractivity contribution in [2.45, 2.75) is 25.7 Å². The van der Waals surface area contributed by atoms with Gasteiger partial charge in [-0.3, -0.25) is 0 Å². The van der Waals surface area contributed by atoms with E-state index in [4.69, 9.17) is 4.74 Å². The van der Waals surface area contributed by atoms with Crippen LogP contribution in [-0.4, -0.2) is 13.4 Å². The van der Waals surface area contributed by atoms with Crippen LogP contribution in [0.15, 0.2) is 24.3 Å². The number of benzene rings is 1. The normalized spacial score (nSPS) is 12.1. The molecule has 0 N–H and O–H groups in total. The van der Waals surface area contributed by atoms with Crippen LogP contribution in [0.1, 0.15) is 31.2 Å². The Morgan fingerprint density at radius 2 is 2.29 bits per heavy atom. The highest BCUT2D eigenvalue weighted by Crippen LogP contribution is 2.25. The molecule has 2 heteroatoms. The first kappa shape index (κ1) is 10.8. The Morgan fingerprint density at radius 3 is 2.86 bits per heavy atom. The highest BCUT2D eigenvalue weighted by atomic mass is 16.5. The fraction of sp³-hybridized carbons (Fsp3) is 0.417. The van der Waals surface area contributed by atoms with Crippen molar-refractivity contribution >= 4 is 6.29 Å². The maximum Gasteiger partial charge on any atom is 0.120 e. The number of rotatable bonds is 5. The van der Waals surface area contributed by atoms with Crippen molar-refractivity contribution < 1.29 is 9.53 Å². The van der Waals surface area contributed by atoms with E-state index in [-0.39, 0.29) is 0 Å². The third-order valence-corrected chi connectivity index (χ3v) is 2.44. The molecule has 0 unspecified atom stereocenters. The number of methoxy groups -OCH3 is 1. The molecule has 0 bridgehead atoms. The largest absolute Gasteiger partial charge is 0.497 e. The molecule has 0 spiro atoms. The summed E-state index contributed by atoms with van der Waals surface area (Å²) in [7, 11) is 1.65. The number of aldehydes is 1. The molecule has 0 aliphatic heterocycles. The lowest BCUT2D eigenvalue weighted by Crippen LogP contribution is -1.98. The molecular weight excluding hydrogens is 176 g/mol. The van der Waals surface area contributed by atoms with Gasteiger partial charge in [-0.1, -0.05) is 19.1 Å². The van der Waals surface area contributed by atoms with E-state index in [0.717, 1.165) is 18.5 Å². The molecule has 14 heavy (non-hydrogen) atoms. The summed E-state index contributed by atoms with van der Waals surface area (Å²) in [6.07, 6.45) is 2.54. The quantitative estimate of drug-likeness (QED) is 0.670. The smallest absolute Gasteiger partial charge is 0.120 e. The summed E-state index contributed by atoms with van der Waals surface area (Å²) in [6, 6.07) is 7.91. The minimum atomic E-state index is 0.322. The van der Waals surface area contributed by atoms with Gasteiger partial charge in [0.25, 0.3) is 0 Å². The maximum absolute atomic E-state index is 10.5. The van der Waals surface area contributed by atoms with Crippen LogP contribution in [0.25, 0.3) is 0 Å². The molecule has 1 rings (SSSR count). The Kier molecular flexibility index (Phi) is 4.17. The van der Waals surface area contributed by atoms with E-state index in [1.807, 2.05) is 24.3 Å². The Labute approximate surface area is 84.9 Å². The number of hydrogen-bond acceptors (Lipinski definition) is 2. The molecule has 76 valence electrons. The second kappa shape index (κ2) is 5.43. The number of carbonyl (C=O) groups excluding carboxylic acids is 1. The van der Waals surface area contributed by atoms with Crippen LogP contribution < -0.4 is 4.74 Å². The van der Waals surface area contributed by atoms with Gasteiger partial charge in [0.15, 0.2) is 0 Å². The van der Waals surface area contributed by atoms with E-state index in [9.17, 15) is 4.79 Å². The van der Waals surface area contributed by atoms with Crippen LogP contribution in [0.4, 0.5) is 0 Å². The summed E-state index contributed by atoms with van der Waals surface area (Å²) in [5.74, 6) is 1.18. The van der Waals surface area contributed by atoms with Gasteiger partial charge in [0.05, 0.1) is 7.11 Å². The van der Waals surface area contributed by atoms with Crippen molar-refractivity contribution in [3.8, 4) is 5.75 Å². The fourth-order valence-corrected chi connectivity index (χ4v) is 1.55. The molecule has 1 aromatic rings. The molecule has 0 heterocycles. The van der Waals surface area contributed by atoms with Gasteiger partial charge < -0.3 is 9.53 Å². The topological polar surface area (TPSA) is 26.3 Å². The lowest BCUT2D eigenvalue weighted by atomic mass is 9.94. The standard InChI is InChI=1S/C12H16O2/c1-3-10(7-8-13)11-5-4-6-12(9-11)14-2/h4-6,8-10H,3,7H2,1-2H3/t10-/m1/s1. The van der Waals surface area contributed by atoms with Crippen molar-refractivity contribution in [2.75, 3.05) is 7.11 Å². The average Bonchev–Trinajstić information content (AvgIpc) is 2.26. The second-order valence-electron chi connectivity index (χ2n) is 3.28. The summed E-state index contributed by atoms with van der Waals surface area (Å²) in [5, 5.41) is 0. The number of ether oxygens (including phenoxy) is 1. The molecule has 0 aliphatic carbocycles. The highest BCUT2D eigenvalue weighted by molar-refractivity contribution is 5.52. The lowest BCUT2D eigenvalue weighted by Gasteiger charge is -2.12. The summed E-state index contributed by atoms with van der Waals surface area (Å²) in [5.41, 5.74) is 1.18. The summed E-state index contributed by atoms with van der Waals surface area (Å²) < 4.78 is 5.14. The van der Waals surface area contributed by atoms with Crippen LogP contribution in [-0.2, 0) is 4.79 Å². The van der Waals surface area contributed by atoms with Crippen molar-refractivity contribution in [1.29, 1.82) is 0 Å². The van der Waals surface area contributed by atoms with Gasteiger partial charge in [-0.25, -0.2) is 0 Å². The van der Waals surface area contributed by atoms with Gasteiger partial charge in [-0.15, -0.1) is 0 Å². The first-order chi connectivity index (χ1) is 6.81. The molecule has 1 aromatic carbocycles. The van der Waals surface area contributed by atoms with Gasteiger partial charge >= 0.3 is 0 Å². The lowest BCUT2D eigenvalue weighted by molar-refractivity contribution is -0.108. The molecule has 0 amide bonds. The zero-order valence-corrected chi connectivity index (χ0v) is 8.69. The predicted octanol–water partition coefficient (Wildman–Crippen LogP) is 2.78. The zero-order valence-electron chi connectivity index (χ0n) is 8.69. The van der Waals surface area contributed by atoms with Gasteiger partial charge in [0.1, 0.15) is 12.0 Å². The molecule has 0 saturated heterocycles. The van der Waals surface area contributed by atoms with Crippen LogP contribution in [0, 0.1) is 0 Å².